The summed E-state index contributed by atoms with van der Waals surface area (Å²) in [7, 11) is 1.84. The van der Waals surface area contributed by atoms with Crippen LogP contribution >= 0.6 is 0 Å². The Kier molecular flexibility index (Phi) is 7.74. The molecule has 2 aliphatic heterocycles. The van der Waals surface area contributed by atoms with Crippen molar-refractivity contribution in [3.63, 3.8) is 0 Å². The van der Waals surface area contributed by atoms with Crippen LogP contribution in [0.3, 0.4) is 0 Å². The van der Waals surface area contributed by atoms with Gasteiger partial charge in [0.05, 0.1) is 43.2 Å². The second kappa shape index (κ2) is 11.0. The highest BCUT2D eigenvalue weighted by Crippen LogP contribution is 2.89. The van der Waals surface area contributed by atoms with Crippen LogP contribution in [0.15, 0.2) is 12.4 Å². The Morgan fingerprint density at radius 2 is 1.82 bits per heavy atom. The molecule has 1 aromatic heterocycles. The number of hydrogen-bond acceptors (Lipinski definition) is 8. The molecule has 10 nitrogen and oxygen atoms in total. The van der Waals surface area contributed by atoms with Gasteiger partial charge in [0.25, 0.3) is 5.91 Å². The highest BCUT2D eigenvalue weighted by Gasteiger charge is 2.84. The Morgan fingerprint density at radius 1 is 1.10 bits per heavy atom. The Bertz CT molecular complexity index is 1470. The predicted octanol–water partition coefficient (Wildman–Crippen LogP) is 4.55. The number of aryl methyl sites for hydroxylation is 1. The van der Waals surface area contributed by atoms with Crippen molar-refractivity contribution >= 4 is 5.91 Å². The van der Waals surface area contributed by atoms with Gasteiger partial charge < -0.3 is 39.0 Å². The highest BCUT2D eigenvalue weighted by molar-refractivity contribution is 5.90. The van der Waals surface area contributed by atoms with E-state index in [-0.39, 0.29) is 57.0 Å². The number of hydrogen-bond donors (Lipinski definition) is 3. The van der Waals surface area contributed by atoms with E-state index in [2.05, 4.69) is 39.6 Å². The minimum absolute atomic E-state index is 0.0447. The van der Waals surface area contributed by atoms with E-state index in [1.165, 1.54) is 12.8 Å². The van der Waals surface area contributed by atoms with Crippen molar-refractivity contribution in [2.75, 3.05) is 19.7 Å². The summed E-state index contributed by atoms with van der Waals surface area (Å²) >= 11 is 0. The standard InChI is InChI=1S/C39H61N3O7/c1-22-19-23(30(43)35(4,5)46)48-29-28(22)36(6)13-14-39-21-38(39)12-11-26(34(2,3)24(38)9-10-25(39)37(36,7)31(29)44)49-27-20-42(17-18-47-27)33(45)32-40-15-16-41(32)8/h15-16,22-31,43-44,46H,9-14,17-21H2,1-8H3/t22-,23?,24?,25?,26?,27+,28+,29?,30+,31+,36?,37-,38?,39?/m1/s1. The largest absolute Gasteiger partial charge is 0.390 e. The first-order valence-corrected chi connectivity index (χ1v) is 19.2. The number of aliphatic hydroxyl groups excluding tert-OH is 2. The number of fused-ring (bicyclic) bond motifs is 4. The topological polar surface area (TPSA) is 127 Å². The summed E-state index contributed by atoms with van der Waals surface area (Å²) < 4.78 is 21.4. The van der Waals surface area contributed by atoms with Crippen molar-refractivity contribution in [3.8, 4) is 0 Å². The highest BCUT2D eigenvalue weighted by atomic mass is 16.7. The minimum atomic E-state index is -1.26. The fourth-order valence-corrected chi connectivity index (χ4v) is 14.0. The van der Waals surface area contributed by atoms with E-state index >= 15 is 0 Å². The van der Waals surface area contributed by atoms with Gasteiger partial charge in [0.1, 0.15) is 6.10 Å². The van der Waals surface area contributed by atoms with E-state index in [1.807, 2.05) is 11.9 Å². The molecule has 3 N–H and O–H groups in total. The third-order valence-electron chi connectivity index (χ3n) is 16.5. The quantitative estimate of drug-likeness (QED) is 0.413. The molecule has 0 bridgehead atoms. The van der Waals surface area contributed by atoms with Gasteiger partial charge >= 0.3 is 0 Å². The first kappa shape index (κ1) is 34.5. The monoisotopic (exact) mass is 683 g/mol. The van der Waals surface area contributed by atoms with Crippen LogP contribution in [-0.2, 0) is 21.3 Å². The third kappa shape index (κ3) is 4.52. The molecule has 2 spiro atoms. The molecule has 2 saturated heterocycles. The van der Waals surface area contributed by atoms with Crippen molar-refractivity contribution in [3.05, 3.63) is 18.2 Å². The van der Waals surface area contributed by atoms with Gasteiger partial charge in [-0.05, 0) is 111 Å². The lowest BCUT2D eigenvalue weighted by atomic mass is 9.41. The van der Waals surface area contributed by atoms with E-state index < -0.39 is 30.2 Å². The number of imidazole rings is 1. The average molecular weight is 684 g/mol. The normalized spacial score (nSPS) is 49.2. The summed E-state index contributed by atoms with van der Waals surface area (Å²) in [5.74, 6) is 1.81. The number of morpholine rings is 1. The SMILES string of the molecule is C[C@@H]1CC([C@H](O)C(C)(C)O)OC2[C@H]1C1(C)CCC34CC35CCC(O[C@H]3CN(C(=O)c6nccn6C)CCO3)C(C)(C)C5CCC4[C@]1(C)[C@H]2O. The molecule has 8 rings (SSSR count). The Hall–Kier alpha value is -1.56. The fraction of sp³-hybridized carbons (Fsp3) is 0.897. The molecule has 0 radical (unpaired) electrons. The smallest absolute Gasteiger partial charge is 0.290 e. The second-order valence-electron chi connectivity index (χ2n) is 19.2. The van der Waals surface area contributed by atoms with Gasteiger partial charge in [-0.15, -0.1) is 0 Å². The van der Waals surface area contributed by atoms with Crippen molar-refractivity contribution in [2.45, 2.75) is 142 Å². The summed E-state index contributed by atoms with van der Waals surface area (Å²) in [6.07, 6.45) is 9.19. The molecule has 1 aromatic rings. The number of amides is 1. The van der Waals surface area contributed by atoms with E-state index in [9.17, 15) is 20.1 Å². The van der Waals surface area contributed by atoms with Gasteiger partial charge in [0.2, 0.25) is 0 Å². The molecule has 14 atom stereocenters. The lowest BCUT2D eigenvalue weighted by Gasteiger charge is -2.64. The number of rotatable bonds is 5. The Labute approximate surface area is 292 Å². The number of carbonyl (C=O) groups excluding carboxylic acids is 1. The summed E-state index contributed by atoms with van der Waals surface area (Å²) in [5.41, 5.74) is -1.17. The third-order valence-corrected chi connectivity index (χ3v) is 16.5. The molecule has 1 amide bonds. The second-order valence-corrected chi connectivity index (χ2v) is 19.2. The summed E-state index contributed by atoms with van der Waals surface area (Å²) in [4.78, 5) is 19.3. The van der Waals surface area contributed by atoms with Gasteiger partial charge in [0, 0.05) is 31.4 Å². The van der Waals surface area contributed by atoms with Gasteiger partial charge in [-0.1, -0.05) is 34.6 Å². The maximum atomic E-state index is 13.2. The molecule has 0 aromatic carbocycles. The van der Waals surface area contributed by atoms with Crippen LogP contribution in [-0.4, -0.2) is 97.8 Å². The number of aliphatic hydroxyl groups is 3. The maximum Gasteiger partial charge on any atom is 0.290 e. The van der Waals surface area contributed by atoms with Gasteiger partial charge in [-0.2, -0.15) is 0 Å². The van der Waals surface area contributed by atoms with Gasteiger partial charge in [-0.3, -0.25) is 4.79 Å². The molecule has 7 fully saturated rings. The molecule has 5 saturated carbocycles. The lowest BCUT2D eigenvalue weighted by Crippen LogP contribution is -2.60. The van der Waals surface area contributed by atoms with Crippen molar-refractivity contribution in [2.24, 2.45) is 57.8 Å². The predicted molar refractivity (Wildman–Crippen MR) is 182 cm³/mol. The van der Waals surface area contributed by atoms with E-state index in [4.69, 9.17) is 14.2 Å². The number of nitrogens with zero attached hydrogens (tertiary/aromatic N) is 3. The molecule has 3 heterocycles. The van der Waals surface area contributed by atoms with Crippen molar-refractivity contribution in [1.82, 2.24) is 14.5 Å². The lowest BCUT2D eigenvalue weighted by molar-refractivity contribution is -0.245. The zero-order valence-corrected chi connectivity index (χ0v) is 31.0. The van der Waals surface area contributed by atoms with Gasteiger partial charge in [0.15, 0.2) is 12.1 Å². The van der Waals surface area contributed by atoms with E-state index in [0.29, 0.717) is 43.8 Å². The summed E-state index contributed by atoms with van der Waals surface area (Å²) in [5, 5.41) is 34.2. The molecule has 274 valence electrons. The minimum Gasteiger partial charge on any atom is -0.390 e. The molecule has 5 aliphatic carbocycles. The maximum absolute atomic E-state index is 13.2. The zero-order chi connectivity index (χ0) is 35.1. The molecule has 8 unspecified atom stereocenters. The molecule has 10 heteroatoms. The van der Waals surface area contributed by atoms with Crippen LogP contribution in [0.1, 0.15) is 110 Å². The van der Waals surface area contributed by atoms with E-state index in [1.54, 1.807) is 30.8 Å². The number of aromatic nitrogens is 2. The van der Waals surface area contributed by atoms with Crippen molar-refractivity contribution < 1.29 is 34.3 Å². The van der Waals surface area contributed by atoms with E-state index in [0.717, 1.165) is 32.1 Å². The molecular weight excluding hydrogens is 622 g/mol. The van der Waals surface area contributed by atoms with Crippen LogP contribution in [0.25, 0.3) is 0 Å². The van der Waals surface area contributed by atoms with Crippen LogP contribution in [0.2, 0.25) is 0 Å². The zero-order valence-electron chi connectivity index (χ0n) is 31.0. The Morgan fingerprint density at radius 3 is 2.51 bits per heavy atom. The van der Waals surface area contributed by atoms with Crippen LogP contribution in [0.5, 0.6) is 0 Å². The fourth-order valence-electron chi connectivity index (χ4n) is 14.0. The molecule has 7 aliphatic rings. The first-order valence-electron chi connectivity index (χ1n) is 19.2. The molecule has 49 heavy (non-hydrogen) atoms. The summed E-state index contributed by atoms with van der Waals surface area (Å²) in [6.45, 7) is 16.6. The average Bonchev–Trinajstić information content (AvgIpc) is 3.45. The first-order chi connectivity index (χ1) is 22.9. The Balaban J connectivity index is 1.01. The van der Waals surface area contributed by atoms with Gasteiger partial charge in [-0.25, -0.2) is 4.98 Å². The van der Waals surface area contributed by atoms with Crippen molar-refractivity contribution in [1.29, 1.82) is 0 Å². The number of ether oxygens (including phenoxy) is 3. The summed E-state index contributed by atoms with van der Waals surface area (Å²) in [6, 6.07) is 0. The van der Waals surface area contributed by atoms with Crippen LogP contribution in [0, 0.1) is 50.7 Å². The number of carbonyl (C=O) groups is 1. The molecular formula is C39H61N3O7. The van der Waals surface area contributed by atoms with Crippen LogP contribution < -0.4 is 0 Å². The van der Waals surface area contributed by atoms with Crippen LogP contribution in [0.4, 0.5) is 0 Å².